The van der Waals surface area contributed by atoms with E-state index in [0.29, 0.717) is 43.1 Å². The van der Waals surface area contributed by atoms with Gasteiger partial charge < -0.3 is 20.2 Å². The summed E-state index contributed by atoms with van der Waals surface area (Å²) in [7, 11) is 0. The van der Waals surface area contributed by atoms with Crippen LogP contribution in [0.1, 0.15) is 18.1 Å². The minimum absolute atomic E-state index is 0.353. The van der Waals surface area contributed by atoms with Crippen molar-refractivity contribution in [1.29, 1.82) is 0 Å². The lowest BCUT2D eigenvalue weighted by molar-refractivity contribution is -0.152. The van der Waals surface area contributed by atoms with Gasteiger partial charge in [-0.3, -0.25) is 9.69 Å². The number of hydrogen-bond acceptors (Lipinski definition) is 5. The van der Waals surface area contributed by atoms with Crippen molar-refractivity contribution in [2.24, 2.45) is 0 Å². The number of nitrogens with zero attached hydrogens (tertiary/aromatic N) is 4. The van der Waals surface area contributed by atoms with Gasteiger partial charge in [-0.15, -0.1) is 0 Å². The highest BCUT2D eigenvalue weighted by atomic mass is 16.3. The first kappa shape index (κ1) is 21.9. The molecule has 1 atom stereocenters. The minimum Gasteiger partial charge on any atom is -0.359 e. The average molecular weight is 458 g/mol. The van der Waals surface area contributed by atoms with Crippen LogP contribution in [0.4, 0.5) is 22.0 Å². The van der Waals surface area contributed by atoms with Crippen LogP contribution < -0.4 is 15.1 Å². The molecule has 8 heteroatoms. The van der Waals surface area contributed by atoms with Crippen LogP contribution in [-0.2, 0) is 16.9 Å². The number of pyridine rings is 1. The van der Waals surface area contributed by atoms with Gasteiger partial charge in [0, 0.05) is 43.6 Å². The zero-order chi connectivity index (χ0) is 23.7. The molecule has 2 aliphatic heterocycles. The number of carbonyl (C=O) groups excluding carboxylic acids is 2. The molecule has 1 aromatic heterocycles. The third kappa shape index (κ3) is 3.66. The predicted octanol–water partition coefficient (Wildman–Crippen LogP) is 3.19. The Bertz CT molecular complexity index is 1190. The summed E-state index contributed by atoms with van der Waals surface area (Å²) < 4.78 is 0. The Labute approximate surface area is 198 Å². The molecule has 3 amide bonds. The van der Waals surface area contributed by atoms with E-state index in [0.717, 1.165) is 17.8 Å². The number of aryl methyl sites for hydroxylation is 1. The number of amides is 3. The Morgan fingerprint density at radius 1 is 1.00 bits per heavy atom. The van der Waals surface area contributed by atoms with Crippen LogP contribution in [-0.4, -0.2) is 53.1 Å². The Morgan fingerprint density at radius 3 is 2.38 bits per heavy atom. The Morgan fingerprint density at radius 2 is 1.71 bits per heavy atom. The molecule has 34 heavy (non-hydrogen) atoms. The third-order valence-corrected chi connectivity index (χ3v) is 6.51. The van der Waals surface area contributed by atoms with E-state index in [-0.39, 0.29) is 0 Å². The molecule has 3 aromatic rings. The monoisotopic (exact) mass is 457 g/mol. The fourth-order valence-electron chi connectivity index (χ4n) is 4.63. The second-order valence-electron chi connectivity index (χ2n) is 8.47. The molecule has 8 nitrogen and oxygen atoms in total. The number of benzene rings is 2. The topological polar surface area (TPSA) is 89.0 Å². The lowest BCUT2D eigenvalue weighted by Gasteiger charge is -2.46. The average Bonchev–Trinajstić information content (AvgIpc) is 2.89. The summed E-state index contributed by atoms with van der Waals surface area (Å²) in [5, 5.41) is 14.9. The first-order chi connectivity index (χ1) is 16.5. The molecule has 2 aliphatic rings. The number of anilines is 3. The number of piperazine rings is 1. The second-order valence-corrected chi connectivity index (χ2v) is 8.47. The van der Waals surface area contributed by atoms with Gasteiger partial charge in [0.2, 0.25) is 0 Å². The van der Waals surface area contributed by atoms with Gasteiger partial charge in [0.1, 0.15) is 5.82 Å². The number of rotatable bonds is 4. The predicted molar refractivity (Wildman–Crippen MR) is 131 cm³/mol. The first-order valence-corrected chi connectivity index (χ1v) is 11.5. The fraction of sp³-hybridized carbons (Fsp3) is 0.269. The molecule has 2 aromatic carbocycles. The van der Waals surface area contributed by atoms with Gasteiger partial charge in [-0.2, -0.15) is 0 Å². The van der Waals surface area contributed by atoms with E-state index in [2.05, 4.69) is 15.2 Å². The highest BCUT2D eigenvalue weighted by Gasteiger charge is 2.53. The van der Waals surface area contributed by atoms with E-state index in [9.17, 15) is 14.7 Å². The smallest absolute Gasteiger partial charge is 0.329 e. The van der Waals surface area contributed by atoms with Gasteiger partial charge in [0.25, 0.3) is 11.6 Å². The van der Waals surface area contributed by atoms with Gasteiger partial charge in [0.05, 0.1) is 5.69 Å². The van der Waals surface area contributed by atoms with Crippen molar-refractivity contribution in [3.8, 4) is 0 Å². The first-order valence-electron chi connectivity index (χ1n) is 11.5. The normalized spacial score (nSPS) is 20.1. The molecule has 5 rings (SSSR count). The summed E-state index contributed by atoms with van der Waals surface area (Å²) in [6.45, 7) is 4.02. The van der Waals surface area contributed by atoms with Gasteiger partial charge in [0.15, 0.2) is 0 Å². The number of carbonyl (C=O) groups is 2. The molecule has 0 unspecified atom stereocenters. The van der Waals surface area contributed by atoms with E-state index in [4.69, 9.17) is 0 Å². The molecule has 3 heterocycles. The Balaban J connectivity index is 1.49. The third-order valence-electron chi connectivity index (χ3n) is 6.51. The molecular formula is C26H27N5O3. The molecule has 0 aliphatic carbocycles. The van der Waals surface area contributed by atoms with Crippen molar-refractivity contribution >= 4 is 29.1 Å². The molecule has 0 radical (unpaired) electrons. The van der Waals surface area contributed by atoms with Gasteiger partial charge in [-0.05, 0) is 42.3 Å². The quantitative estimate of drug-likeness (QED) is 0.628. The zero-order valence-corrected chi connectivity index (χ0v) is 19.0. The highest BCUT2D eigenvalue weighted by Crippen LogP contribution is 2.41. The maximum atomic E-state index is 14.0. The molecule has 0 spiro atoms. The maximum Gasteiger partial charge on any atom is 0.329 e. The van der Waals surface area contributed by atoms with E-state index in [1.54, 1.807) is 47.5 Å². The van der Waals surface area contributed by atoms with Crippen molar-refractivity contribution in [1.82, 2.24) is 9.88 Å². The zero-order valence-electron chi connectivity index (χ0n) is 19.0. The van der Waals surface area contributed by atoms with Crippen LogP contribution >= 0.6 is 0 Å². The largest absolute Gasteiger partial charge is 0.359 e. The molecule has 174 valence electrons. The van der Waals surface area contributed by atoms with Crippen LogP contribution in [0.15, 0.2) is 72.9 Å². The van der Waals surface area contributed by atoms with E-state index in [1.165, 1.54) is 4.90 Å². The van der Waals surface area contributed by atoms with Gasteiger partial charge in [-0.1, -0.05) is 43.3 Å². The number of fused-ring (bicyclic) bond motifs is 1. The number of para-hydroxylation sites is 1. The number of nitrogens with one attached hydrogen (secondary N) is 1. The molecule has 1 saturated heterocycles. The van der Waals surface area contributed by atoms with Crippen LogP contribution in [0.5, 0.6) is 0 Å². The fourth-order valence-corrected chi connectivity index (χ4v) is 4.63. The SMILES string of the molecule is CCc1ccc(N2C(=O)Nc3ccccc3[C@@]2(O)C(=O)N2CCN(c3ccccn3)CC2)cc1. The molecule has 0 bridgehead atoms. The van der Waals surface area contributed by atoms with Crippen molar-refractivity contribution in [2.45, 2.75) is 19.1 Å². The lowest BCUT2D eigenvalue weighted by atomic mass is 9.93. The number of urea groups is 1. The van der Waals surface area contributed by atoms with Crippen molar-refractivity contribution in [3.63, 3.8) is 0 Å². The molecule has 0 saturated carbocycles. The van der Waals surface area contributed by atoms with Crippen LogP contribution in [0.25, 0.3) is 0 Å². The van der Waals surface area contributed by atoms with Crippen LogP contribution in [0.2, 0.25) is 0 Å². The van der Waals surface area contributed by atoms with Crippen LogP contribution in [0.3, 0.4) is 0 Å². The van der Waals surface area contributed by atoms with E-state index in [1.807, 2.05) is 37.3 Å². The molecule has 1 fully saturated rings. The highest BCUT2D eigenvalue weighted by molar-refractivity contribution is 6.11. The summed E-state index contributed by atoms with van der Waals surface area (Å²) in [4.78, 5) is 36.5. The van der Waals surface area contributed by atoms with Crippen molar-refractivity contribution in [3.05, 3.63) is 84.1 Å². The number of aliphatic hydroxyl groups is 1. The summed E-state index contributed by atoms with van der Waals surface area (Å²) in [5.41, 5.74) is 0.164. The van der Waals surface area contributed by atoms with Crippen molar-refractivity contribution < 1.29 is 14.7 Å². The summed E-state index contributed by atoms with van der Waals surface area (Å²) >= 11 is 0. The minimum atomic E-state index is -2.17. The molecular weight excluding hydrogens is 430 g/mol. The lowest BCUT2D eigenvalue weighted by Crippen LogP contribution is -2.65. The molecule has 2 N–H and O–H groups in total. The summed E-state index contributed by atoms with van der Waals surface area (Å²) in [5.74, 6) is 0.336. The number of aromatic nitrogens is 1. The Kier molecular flexibility index (Phi) is 5.67. The van der Waals surface area contributed by atoms with E-state index < -0.39 is 17.7 Å². The number of hydrogen-bond donors (Lipinski definition) is 2. The van der Waals surface area contributed by atoms with Crippen molar-refractivity contribution in [2.75, 3.05) is 41.3 Å². The standard InChI is InChI=1S/C26H27N5O3/c1-2-19-10-12-20(13-11-19)31-25(33)28-22-8-4-3-7-21(22)26(31,34)24(32)30-17-15-29(16-18-30)23-9-5-6-14-27-23/h3-14,34H,2,15-18H2,1H3,(H,28,33)/t26-/m1/s1. The van der Waals surface area contributed by atoms with Crippen LogP contribution in [0, 0.1) is 0 Å². The summed E-state index contributed by atoms with van der Waals surface area (Å²) in [6, 6.07) is 19.4. The second kappa shape index (κ2) is 8.79. The Hall–Kier alpha value is -3.91. The van der Waals surface area contributed by atoms with Gasteiger partial charge >= 0.3 is 6.03 Å². The maximum absolute atomic E-state index is 14.0. The van der Waals surface area contributed by atoms with E-state index >= 15 is 0 Å². The van der Waals surface area contributed by atoms with Gasteiger partial charge in [-0.25, -0.2) is 9.78 Å². The summed E-state index contributed by atoms with van der Waals surface area (Å²) in [6.07, 6.45) is 2.59.